The fraction of sp³-hybridized carbons (Fsp3) is 0.684. The van der Waals surface area contributed by atoms with Gasteiger partial charge in [0.05, 0.1) is 30.6 Å². The number of carbonyl (C=O) groups is 1. The Labute approximate surface area is 150 Å². The first-order valence-electron chi connectivity index (χ1n) is 9.36. The summed E-state index contributed by atoms with van der Waals surface area (Å²) in [4.78, 5) is 21.9. The number of ether oxygens (including phenoxy) is 1. The van der Waals surface area contributed by atoms with Crippen molar-refractivity contribution in [3.8, 4) is 0 Å². The first-order valence-corrected chi connectivity index (χ1v) is 9.36. The lowest BCUT2D eigenvalue weighted by Crippen LogP contribution is -2.47. The van der Waals surface area contributed by atoms with Gasteiger partial charge in [0.2, 0.25) is 5.91 Å². The smallest absolute Gasteiger partial charge is 0.241 e. The molecule has 3 rings (SSSR count). The van der Waals surface area contributed by atoms with Crippen LogP contribution in [-0.4, -0.2) is 60.2 Å². The number of hydrogen-bond donors (Lipinski definition) is 1. The standard InChI is InChI=1S/C19H30N4O2/c1-13-5-6-14(2)23(13)16(4)19(24)21-17-7-8-18(20-15(17)3)22-9-11-25-12-10-22/h7-8,13-14,16H,5-6,9-12H2,1-4H3,(H,21,24)/t13-,14+,16-/m0/s1. The van der Waals surface area contributed by atoms with E-state index >= 15 is 0 Å². The average molecular weight is 346 g/mol. The van der Waals surface area contributed by atoms with Crippen LogP contribution >= 0.6 is 0 Å². The first-order chi connectivity index (χ1) is 12.0. The van der Waals surface area contributed by atoms with Crippen molar-refractivity contribution in [2.45, 2.75) is 58.7 Å². The van der Waals surface area contributed by atoms with Crippen LogP contribution in [0.15, 0.2) is 12.1 Å². The van der Waals surface area contributed by atoms with Gasteiger partial charge in [-0.2, -0.15) is 0 Å². The van der Waals surface area contributed by atoms with Crippen LogP contribution in [-0.2, 0) is 9.53 Å². The summed E-state index contributed by atoms with van der Waals surface area (Å²) in [6.45, 7) is 11.6. The second-order valence-electron chi connectivity index (χ2n) is 7.29. The molecule has 0 radical (unpaired) electrons. The molecule has 0 spiro atoms. The maximum absolute atomic E-state index is 12.7. The van der Waals surface area contributed by atoms with Gasteiger partial charge in [0, 0.05) is 25.2 Å². The zero-order valence-corrected chi connectivity index (χ0v) is 15.8. The van der Waals surface area contributed by atoms with Gasteiger partial charge in [-0.1, -0.05) is 0 Å². The molecule has 6 nitrogen and oxygen atoms in total. The Bertz CT molecular complexity index is 605. The van der Waals surface area contributed by atoms with Crippen molar-refractivity contribution in [1.82, 2.24) is 9.88 Å². The van der Waals surface area contributed by atoms with E-state index in [9.17, 15) is 4.79 Å². The molecular weight excluding hydrogens is 316 g/mol. The monoisotopic (exact) mass is 346 g/mol. The Morgan fingerprint density at radius 3 is 2.48 bits per heavy atom. The number of aryl methyl sites for hydroxylation is 1. The zero-order valence-electron chi connectivity index (χ0n) is 15.8. The average Bonchev–Trinajstić information content (AvgIpc) is 2.95. The molecule has 2 aliphatic rings. The number of likely N-dealkylation sites (tertiary alicyclic amines) is 1. The molecule has 1 aromatic heterocycles. The molecule has 0 unspecified atom stereocenters. The second kappa shape index (κ2) is 7.70. The molecule has 25 heavy (non-hydrogen) atoms. The van der Waals surface area contributed by atoms with Crippen LogP contribution in [0.1, 0.15) is 39.3 Å². The lowest BCUT2D eigenvalue weighted by molar-refractivity contribution is -0.121. The highest BCUT2D eigenvalue weighted by Gasteiger charge is 2.34. The molecule has 0 aliphatic carbocycles. The van der Waals surface area contributed by atoms with Gasteiger partial charge in [-0.05, 0) is 52.7 Å². The van der Waals surface area contributed by atoms with E-state index in [0.29, 0.717) is 12.1 Å². The summed E-state index contributed by atoms with van der Waals surface area (Å²) in [5, 5.41) is 3.07. The van der Waals surface area contributed by atoms with E-state index in [2.05, 4.69) is 33.9 Å². The summed E-state index contributed by atoms with van der Waals surface area (Å²) in [7, 11) is 0. The number of hydrogen-bond acceptors (Lipinski definition) is 5. The normalized spacial score (nSPS) is 25.8. The predicted octanol–water partition coefficient (Wildman–Crippen LogP) is 2.43. The number of nitrogens with one attached hydrogen (secondary N) is 1. The number of rotatable bonds is 4. The van der Waals surface area contributed by atoms with Crippen LogP contribution in [0.4, 0.5) is 11.5 Å². The summed E-state index contributed by atoms with van der Waals surface area (Å²) in [6, 6.07) is 4.73. The topological polar surface area (TPSA) is 57.7 Å². The summed E-state index contributed by atoms with van der Waals surface area (Å²) in [5.74, 6) is 0.998. The highest BCUT2D eigenvalue weighted by molar-refractivity contribution is 5.95. The van der Waals surface area contributed by atoms with Crippen LogP contribution in [0, 0.1) is 6.92 Å². The molecule has 0 bridgehead atoms. The van der Waals surface area contributed by atoms with Crippen LogP contribution in [0.5, 0.6) is 0 Å². The summed E-state index contributed by atoms with van der Waals surface area (Å²) in [6.07, 6.45) is 2.32. The van der Waals surface area contributed by atoms with Crippen molar-refractivity contribution < 1.29 is 9.53 Å². The molecule has 0 aromatic carbocycles. The quantitative estimate of drug-likeness (QED) is 0.907. The van der Waals surface area contributed by atoms with Gasteiger partial charge in [-0.25, -0.2) is 4.98 Å². The van der Waals surface area contributed by atoms with E-state index in [4.69, 9.17) is 4.74 Å². The number of aromatic nitrogens is 1. The Morgan fingerprint density at radius 1 is 1.24 bits per heavy atom. The van der Waals surface area contributed by atoms with Crippen LogP contribution in [0.3, 0.4) is 0 Å². The van der Waals surface area contributed by atoms with Crippen LogP contribution in [0.2, 0.25) is 0 Å². The fourth-order valence-corrected chi connectivity index (χ4v) is 4.00. The van der Waals surface area contributed by atoms with E-state index < -0.39 is 0 Å². The molecule has 3 atom stereocenters. The Hall–Kier alpha value is -1.66. The van der Waals surface area contributed by atoms with Crippen molar-refractivity contribution in [3.05, 3.63) is 17.8 Å². The Morgan fingerprint density at radius 2 is 1.88 bits per heavy atom. The molecule has 3 heterocycles. The third-order valence-electron chi connectivity index (χ3n) is 5.51. The lowest BCUT2D eigenvalue weighted by atomic mass is 10.2. The maximum Gasteiger partial charge on any atom is 0.241 e. The highest BCUT2D eigenvalue weighted by Crippen LogP contribution is 2.27. The predicted molar refractivity (Wildman–Crippen MR) is 100 cm³/mol. The zero-order chi connectivity index (χ0) is 18.0. The van der Waals surface area contributed by atoms with Gasteiger partial charge < -0.3 is 15.0 Å². The third kappa shape index (κ3) is 3.96. The van der Waals surface area contributed by atoms with Crippen LogP contribution < -0.4 is 10.2 Å². The van der Waals surface area contributed by atoms with Gasteiger partial charge in [-0.15, -0.1) is 0 Å². The van der Waals surface area contributed by atoms with Gasteiger partial charge in [0.15, 0.2) is 0 Å². The largest absolute Gasteiger partial charge is 0.378 e. The van der Waals surface area contributed by atoms with E-state index in [-0.39, 0.29) is 11.9 Å². The molecule has 2 fully saturated rings. The number of amides is 1. The van der Waals surface area contributed by atoms with Crippen molar-refractivity contribution in [1.29, 1.82) is 0 Å². The molecule has 1 amide bonds. The van der Waals surface area contributed by atoms with Crippen molar-refractivity contribution >= 4 is 17.4 Å². The number of nitrogens with zero attached hydrogens (tertiary/aromatic N) is 3. The SMILES string of the molecule is Cc1nc(N2CCOCC2)ccc1NC(=O)[C@H](C)N1[C@H](C)CC[C@@H]1C. The number of anilines is 2. The van der Waals surface area contributed by atoms with E-state index in [0.717, 1.165) is 56.3 Å². The lowest BCUT2D eigenvalue weighted by Gasteiger charge is -2.31. The van der Waals surface area contributed by atoms with Gasteiger partial charge in [0.25, 0.3) is 0 Å². The van der Waals surface area contributed by atoms with Gasteiger partial charge >= 0.3 is 0 Å². The highest BCUT2D eigenvalue weighted by atomic mass is 16.5. The molecule has 2 aliphatic heterocycles. The Kier molecular flexibility index (Phi) is 5.59. The first kappa shape index (κ1) is 18.1. The number of carbonyl (C=O) groups excluding carboxylic acids is 1. The molecule has 1 aromatic rings. The third-order valence-corrected chi connectivity index (χ3v) is 5.51. The molecular formula is C19H30N4O2. The molecule has 6 heteroatoms. The van der Waals surface area contributed by atoms with E-state index in [1.54, 1.807) is 0 Å². The van der Waals surface area contributed by atoms with E-state index in [1.807, 2.05) is 26.0 Å². The van der Waals surface area contributed by atoms with Crippen molar-refractivity contribution in [2.24, 2.45) is 0 Å². The van der Waals surface area contributed by atoms with Crippen LogP contribution in [0.25, 0.3) is 0 Å². The van der Waals surface area contributed by atoms with Crippen molar-refractivity contribution in [2.75, 3.05) is 36.5 Å². The Balaban J connectivity index is 1.66. The molecule has 0 saturated carbocycles. The van der Waals surface area contributed by atoms with E-state index in [1.165, 1.54) is 0 Å². The molecule has 2 saturated heterocycles. The second-order valence-corrected chi connectivity index (χ2v) is 7.29. The summed E-state index contributed by atoms with van der Waals surface area (Å²) < 4.78 is 5.39. The van der Waals surface area contributed by atoms with Crippen molar-refractivity contribution in [3.63, 3.8) is 0 Å². The minimum absolute atomic E-state index is 0.0459. The summed E-state index contributed by atoms with van der Waals surface area (Å²) in [5.41, 5.74) is 1.65. The number of morpholine rings is 1. The molecule has 138 valence electrons. The van der Waals surface area contributed by atoms with Gasteiger partial charge in [0.1, 0.15) is 5.82 Å². The number of pyridine rings is 1. The van der Waals surface area contributed by atoms with Gasteiger partial charge in [-0.3, -0.25) is 9.69 Å². The summed E-state index contributed by atoms with van der Waals surface area (Å²) >= 11 is 0. The molecule has 1 N–H and O–H groups in total. The minimum atomic E-state index is -0.134. The maximum atomic E-state index is 12.7. The fourth-order valence-electron chi connectivity index (χ4n) is 4.00. The minimum Gasteiger partial charge on any atom is -0.378 e.